The molecule has 9 aromatic carbocycles. The first-order valence-corrected chi connectivity index (χ1v) is 19.5. The topological polar surface area (TPSA) is 15.3 Å². The molecule has 0 fully saturated rings. The van der Waals surface area contributed by atoms with Crippen LogP contribution in [0, 0.1) is 6.92 Å². The Labute approximate surface area is 336 Å². The van der Waals surface area contributed by atoms with E-state index in [9.17, 15) is 0 Å². The lowest BCUT2D eigenvalue weighted by atomic mass is 9.90. The highest BCUT2D eigenvalue weighted by molar-refractivity contribution is 5.96. The molecule has 0 unspecified atom stereocenters. The fraction of sp³-hybridized carbons (Fsp3) is 0.0182. The van der Waals surface area contributed by atoms with Crippen molar-refractivity contribution in [2.24, 2.45) is 0 Å². The summed E-state index contributed by atoms with van der Waals surface area (Å²) in [7, 11) is 0. The van der Waals surface area contributed by atoms with Crippen LogP contribution in [0.15, 0.2) is 231 Å². The van der Waals surface area contributed by atoms with Crippen molar-refractivity contribution in [1.29, 1.82) is 0 Å². The summed E-state index contributed by atoms with van der Waals surface area (Å²) in [6, 6.07) is 82.5. The number of anilines is 5. The molecule has 57 heavy (non-hydrogen) atoms. The molecule has 0 bridgehead atoms. The van der Waals surface area contributed by atoms with Crippen molar-refractivity contribution in [3.8, 4) is 55.6 Å². The minimum absolute atomic E-state index is 1.05. The maximum atomic E-state index is 3.75. The molecule has 0 amide bonds. The lowest BCUT2D eigenvalue weighted by Crippen LogP contribution is -2.11. The molecule has 2 heteroatoms. The van der Waals surface area contributed by atoms with Crippen molar-refractivity contribution in [1.82, 2.24) is 0 Å². The summed E-state index contributed by atoms with van der Waals surface area (Å²) in [4.78, 5) is 2.41. The SMILES string of the molecule is Cc1ccccc1-c1c(Nc2ccccc2)cccc1-c1cccc(N(c2ccc(-c3ccccc3)cc2)c2ccc(-c3ccccc3)cc2-c2ccccc2)c1. The van der Waals surface area contributed by atoms with Crippen molar-refractivity contribution < 1.29 is 0 Å². The van der Waals surface area contributed by atoms with Crippen LogP contribution in [0.3, 0.4) is 0 Å². The van der Waals surface area contributed by atoms with Gasteiger partial charge in [-0.25, -0.2) is 0 Å². The van der Waals surface area contributed by atoms with E-state index >= 15 is 0 Å². The standard InChI is InChI=1S/C55H42N2/c1-40-18-14-15-29-50(40)55-51(30-17-31-53(55)56-47-26-12-5-13-27-47)46-25-16-28-49(38-46)57(48-35-32-43(33-36-48)41-19-6-2-7-20-41)54-37-34-45(42-21-8-3-9-22-42)39-52(54)44-23-10-4-11-24-44/h2-39,56H,1H3. The molecule has 0 aliphatic carbocycles. The van der Waals surface area contributed by atoms with Gasteiger partial charge in [0.25, 0.3) is 0 Å². The van der Waals surface area contributed by atoms with Crippen LogP contribution in [0.1, 0.15) is 5.56 Å². The summed E-state index contributed by atoms with van der Waals surface area (Å²) in [6.45, 7) is 2.19. The quantitative estimate of drug-likeness (QED) is 0.151. The second-order valence-corrected chi connectivity index (χ2v) is 14.3. The fourth-order valence-electron chi connectivity index (χ4n) is 7.78. The molecular formula is C55H42N2. The fourth-order valence-corrected chi connectivity index (χ4v) is 7.78. The van der Waals surface area contributed by atoms with Gasteiger partial charge in [-0.3, -0.25) is 0 Å². The van der Waals surface area contributed by atoms with Gasteiger partial charge in [0.15, 0.2) is 0 Å². The van der Waals surface area contributed by atoms with E-state index in [2.05, 4.69) is 248 Å². The van der Waals surface area contributed by atoms with E-state index < -0.39 is 0 Å². The lowest BCUT2D eigenvalue weighted by molar-refractivity contribution is 1.28. The minimum atomic E-state index is 1.05. The molecule has 0 spiro atoms. The van der Waals surface area contributed by atoms with Gasteiger partial charge >= 0.3 is 0 Å². The summed E-state index contributed by atoms with van der Waals surface area (Å²) in [5, 5.41) is 3.75. The maximum Gasteiger partial charge on any atom is 0.0540 e. The second kappa shape index (κ2) is 16.1. The Balaban J connectivity index is 1.24. The number of rotatable bonds is 10. The first-order valence-electron chi connectivity index (χ1n) is 19.5. The molecule has 0 radical (unpaired) electrons. The van der Waals surface area contributed by atoms with Gasteiger partial charge in [-0.15, -0.1) is 0 Å². The lowest BCUT2D eigenvalue weighted by Gasteiger charge is -2.29. The highest BCUT2D eigenvalue weighted by Gasteiger charge is 2.21. The van der Waals surface area contributed by atoms with Crippen molar-refractivity contribution in [3.05, 3.63) is 236 Å². The summed E-state index contributed by atoms with van der Waals surface area (Å²) in [6.07, 6.45) is 0. The molecule has 0 saturated heterocycles. The molecule has 0 aromatic heterocycles. The van der Waals surface area contributed by atoms with E-state index in [1.807, 2.05) is 0 Å². The van der Waals surface area contributed by atoms with Gasteiger partial charge < -0.3 is 10.2 Å². The first-order chi connectivity index (χ1) is 28.2. The van der Waals surface area contributed by atoms with Gasteiger partial charge in [0.1, 0.15) is 0 Å². The molecule has 9 aromatic rings. The zero-order chi connectivity index (χ0) is 38.4. The van der Waals surface area contributed by atoms with Crippen LogP contribution < -0.4 is 10.2 Å². The zero-order valence-corrected chi connectivity index (χ0v) is 31.9. The Morgan fingerprint density at radius 2 is 0.860 bits per heavy atom. The van der Waals surface area contributed by atoms with Crippen LogP contribution in [0.2, 0.25) is 0 Å². The molecule has 9 rings (SSSR count). The number of hydrogen-bond acceptors (Lipinski definition) is 2. The van der Waals surface area contributed by atoms with E-state index in [4.69, 9.17) is 0 Å². The molecule has 0 heterocycles. The molecule has 0 aliphatic heterocycles. The predicted octanol–water partition coefficient (Wildman–Crippen LogP) is 15.5. The highest BCUT2D eigenvalue weighted by atomic mass is 15.1. The van der Waals surface area contributed by atoms with Crippen LogP contribution in [0.5, 0.6) is 0 Å². The Hall–Kier alpha value is -7.42. The number of para-hydroxylation sites is 1. The summed E-state index contributed by atoms with van der Waals surface area (Å²) in [5.74, 6) is 0. The maximum absolute atomic E-state index is 3.75. The Bertz CT molecular complexity index is 2740. The number of aryl methyl sites for hydroxylation is 1. The monoisotopic (exact) mass is 730 g/mol. The molecular weight excluding hydrogens is 689 g/mol. The van der Waals surface area contributed by atoms with Crippen molar-refractivity contribution in [2.75, 3.05) is 10.2 Å². The third kappa shape index (κ3) is 7.50. The predicted molar refractivity (Wildman–Crippen MR) is 243 cm³/mol. The van der Waals surface area contributed by atoms with Crippen LogP contribution in [0.25, 0.3) is 55.6 Å². The second-order valence-electron chi connectivity index (χ2n) is 14.3. The van der Waals surface area contributed by atoms with Gasteiger partial charge in [-0.05, 0) is 112 Å². The summed E-state index contributed by atoms with van der Waals surface area (Å²) in [5.41, 5.74) is 18.3. The third-order valence-corrected chi connectivity index (χ3v) is 10.6. The van der Waals surface area contributed by atoms with E-state index in [1.54, 1.807) is 0 Å². The largest absolute Gasteiger partial charge is 0.355 e. The Morgan fingerprint density at radius 3 is 1.54 bits per heavy atom. The number of hydrogen-bond donors (Lipinski definition) is 1. The van der Waals surface area contributed by atoms with Crippen LogP contribution >= 0.6 is 0 Å². The number of nitrogens with zero attached hydrogens (tertiary/aromatic N) is 1. The average Bonchev–Trinajstić information content (AvgIpc) is 3.28. The number of nitrogens with one attached hydrogen (secondary N) is 1. The van der Waals surface area contributed by atoms with Crippen molar-refractivity contribution >= 4 is 28.4 Å². The van der Waals surface area contributed by atoms with Gasteiger partial charge in [-0.1, -0.05) is 176 Å². The van der Waals surface area contributed by atoms with Crippen molar-refractivity contribution in [3.63, 3.8) is 0 Å². The molecule has 1 N–H and O–H groups in total. The van der Waals surface area contributed by atoms with Gasteiger partial charge in [-0.2, -0.15) is 0 Å². The Morgan fingerprint density at radius 1 is 0.333 bits per heavy atom. The van der Waals surface area contributed by atoms with Crippen LogP contribution in [-0.2, 0) is 0 Å². The molecule has 272 valence electrons. The van der Waals surface area contributed by atoms with Crippen LogP contribution in [0.4, 0.5) is 28.4 Å². The van der Waals surface area contributed by atoms with E-state index in [0.717, 1.165) is 50.7 Å². The number of benzene rings is 9. The van der Waals surface area contributed by atoms with Gasteiger partial charge in [0, 0.05) is 33.9 Å². The summed E-state index contributed by atoms with van der Waals surface area (Å²) >= 11 is 0. The molecule has 0 atom stereocenters. The van der Waals surface area contributed by atoms with Gasteiger partial charge in [0.2, 0.25) is 0 Å². The van der Waals surface area contributed by atoms with Crippen molar-refractivity contribution in [2.45, 2.75) is 6.92 Å². The third-order valence-electron chi connectivity index (χ3n) is 10.6. The van der Waals surface area contributed by atoms with E-state index in [-0.39, 0.29) is 0 Å². The molecule has 2 nitrogen and oxygen atoms in total. The minimum Gasteiger partial charge on any atom is -0.355 e. The van der Waals surface area contributed by atoms with E-state index in [0.29, 0.717) is 0 Å². The van der Waals surface area contributed by atoms with E-state index in [1.165, 1.54) is 38.9 Å². The van der Waals surface area contributed by atoms with Crippen LogP contribution in [-0.4, -0.2) is 0 Å². The Kier molecular flexibility index (Phi) is 9.99. The highest BCUT2D eigenvalue weighted by Crippen LogP contribution is 2.46. The molecule has 0 aliphatic rings. The summed E-state index contributed by atoms with van der Waals surface area (Å²) < 4.78 is 0. The first kappa shape index (κ1) is 35.3. The normalized spacial score (nSPS) is 10.9. The molecule has 0 saturated carbocycles. The van der Waals surface area contributed by atoms with Gasteiger partial charge in [0.05, 0.1) is 5.69 Å². The zero-order valence-electron chi connectivity index (χ0n) is 31.9. The average molecular weight is 731 g/mol. The smallest absolute Gasteiger partial charge is 0.0540 e.